The van der Waals surface area contributed by atoms with E-state index in [-0.39, 0.29) is 24.2 Å². The number of para-hydroxylation sites is 1. The molecule has 5 nitrogen and oxygen atoms in total. The van der Waals surface area contributed by atoms with E-state index in [4.69, 9.17) is 4.74 Å². The fourth-order valence-corrected chi connectivity index (χ4v) is 4.28. The summed E-state index contributed by atoms with van der Waals surface area (Å²) in [4.78, 5) is 30.5. The lowest BCUT2D eigenvalue weighted by Gasteiger charge is -2.16. The Balaban J connectivity index is 1.45. The zero-order valence-corrected chi connectivity index (χ0v) is 15.9. The summed E-state index contributed by atoms with van der Waals surface area (Å²) < 4.78 is 6.21. The Bertz CT molecular complexity index is 948. The van der Waals surface area contributed by atoms with Gasteiger partial charge in [-0.25, -0.2) is 4.98 Å². The molecule has 1 fully saturated rings. The highest BCUT2D eigenvalue weighted by Crippen LogP contribution is 2.30. The number of aromatic nitrogens is 1. The lowest BCUT2D eigenvalue weighted by molar-refractivity contribution is -0.147. The fraction of sp³-hybridized carbons (Fsp3) is 0.286. The first-order chi connectivity index (χ1) is 13.1. The van der Waals surface area contributed by atoms with Crippen LogP contribution in [-0.2, 0) is 20.9 Å². The Labute approximate surface area is 161 Å². The van der Waals surface area contributed by atoms with Gasteiger partial charge in [0.05, 0.1) is 22.7 Å². The quantitative estimate of drug-likeness (QED) is 0.631. The van der Waals surface area contributed by atoms with Crippen molar-refractivity contribution in [2.75, 3.05) is 13.2 Å². The van der Waals surface area contributed by atoms with Gasteiger partial charge in [-0.15, -0.1) is 11.3 Å². The predicted molar refractivity (Wildman–Crippen MR) is 105 cm³/mol. The van der Waals surface area contributed by atoms with E-state index < -0.39 is 0 Å². The van der Waals surface area contributed by atoms with Gasteiger partial charge in [-0.05, 0) is 24.6 Å². The molecule has 0 saturated carbocycles. The highest BCUT2D eigenvalue weighted by atomic mass is 32.1. The Kier molecular flexibility index (Phi) is 4.90. The SMILES string of the molecule is CCOC(=O)C1CC(=O)N(Cc2ccc(-c3nc4ccccc4s3)cc2)C1. The maximum absolute atomic E-state index is 12.2. The van der Waals surface area contributed by atoms with Crippen molar-refractivity contribution in [2.24, 2.45) is 5.92 Å². The highest BCUT2D eigenvalue weighted by Gasteiger charge is 2.35. The summed E-state index contributed by atoms with van der Waals surface area (Å²) in [5, 5.41) is 0.988. The molecule has 2 heterocycles. The van der Waals surface area contributed by atoms with E-state index in [1.807, 2.05) is 42.5 Å². The molecular weight excluding hydrogens is 360 g/mol. The number of thiazole rings is 1. The predicted octanol–water partition coefficient (Wildman–Crippen LogP) is 3.87. The number of fused-ring (bicyclic) bond motifs is 1. The first-order valence-electron chi connectivity index (χ1n) is 9.03. The van der Waals surface area contributed by atoms with Crippen LogP contribution in [0.3, 0.4) is 0 Å². The van der Waals surface area contributed by atoms with Crippen LogP contribution in [-0.4, -0.2) is 34.9 Å². The molecule has 1 saturated heterocycles. The molecule has 1 atom stereocenters. The third kappa shape index (κ3) is 3.71. The molecule has 0 spiro atoms. The van der Waals surface area contributed by atoms with E-state index in [0.717, 1.165) is 21.7 Å². The second-order valence-electron chi connectivity index (χ2n) is 6.61. The van der Waals surface area contributed by atoms with Gasteiger partial charge in [0.1, 0.15) is 5.01 Å². The topological polar surface area (TPSA) is 59.5 Å². The van der Waals surface area contributed by atoms with Gasteiger partial charge in [-0.2, -0.15) is 0 Å². The largest absolute Gasteiger partial charge is 0.466 e. The van der Waals surface area contributed by atoms with Crippen LogP contribution in [0.15, 0.2) is 48.5 Å². The summed E-state index contributed by atoms with van der Waals surface area (Å²) in [6.45, 7) is 3.06. The number of carbonyl (C=O) groups is 2. The van der Waals surface area contributed by atoms with Crippen molar-refractivity contribution < 1.29 is 14.3 Å². The van der Waals surface area contributed by atoms with Gasteiger partial charge in [0.15, 0.2) is 0 Å². The first kappa shape index (κ1) is 17.7. The minimum absolute atomic E-state index is 0.00306. The number of hydrogen-bond donors (Lipinski definition) is 0. The van der Waals surface area contributed by atoms with Crippen molar-refractivity contribution in [1.29, 1.82) is 0 Å². The summed E-state index contributed by atoms with van der Waals surface area (Å²) in [7, 11) is 0. The van der Waals surface area contributed by atoms with Gasteiger partial charge >= 0.3 is 5.97 Å². The van der Waals surface area contributed by atoms with E-state index in [9.17, 15) is 9.59 Å². The number of esters is 1. The summed E-state index contributed by atoms with van der Waals surface area (Å²) in [5.41, 5.74) is 3.11. The van der Waals surface area contributed by atoms with Crippen molar-refractivity contribution in [3.63, 3.8) is 0 Å². The summed E-state index contributed by atoms with van der Waals surface area (Å²) >= 11 is 1.67. The fourth-order valence-electron chi connectivity index (χ4n) is 3.31. The third-order valence-corrected chi connectivity index (χ3v) is 5.79. The summed E-state index contributed by atoms with van der Waals surface area (Å²) in [6, 6.07) is 16.2. The van der Waals surface area contributed by atoms with Gasteiger partial charge in [0, 0.05) is 25.1 Å². The summed E-state index contributed by atoms with van der Waals surface area (Å²) in [6.07, 6.45) is 0.239. The molecule has 2 aromatic carbocycles. The van der Waals surface area contributed by atoms with E-state index >= 15 is 0 Å². The van der Waals surface area contributed by atoms with Crippen molar-refractivity contribution in [3.8, 4) is 10.6 Å². The number of likely N-dealkylation sites (tertiary alicyclic amines) is 1. The molecule has 1 aromatic heterocycles. The van der Waals surface area contributed by atoms with Gasteiger partial charge < -0.3 is 9.64 Å². The minimum Gasteiger partial charge on any atom is -0.466 e. The Morgan fingerprint density at radius 1 is 1.22 bits per heavy atom. The minimum atomic E-state index is -0.348. The number of rotatable bonds is 5. The maximum Gasteiger partial charge on any atom is 0.311 e. The van der Waals surface area contributed by atoms with Gasteiger partial charge in [-0.3, -0.25) is 9.59 Å². The average Bonchev–Trinajstić information content (AvgIpc) is 3.26. The maximum atomic E-state index is 12.2. The molecule has 1 aliphatic rings. The van der Waals surface area contributed by atoms with E-state index in [1.54, 1.807) is 23.2 Å². The lowest BCUT2D eigenvalue weighted by atomic mass is 10.1. The number of carbonyl (C=O) groups excluding carboxylic acids is 2. The number of amides is 1. The second-order valence-corrected chi connectivity index (χ2v) is 7.64. The van der Waals surface area contributed by atoms with Crippen LogP contribution >= 0.6 is 11.3 Å². The van der Waals surface area contributed by atoms with Crippen LogP contribution < -0.4 is 0 Å². The standard InChI is InChI=1S/C21H20N2O3S/c1-2-26-21(25)16-11-19(24)23(13-16)12-14-7-9-15(10-8-14)20-22-17-5-3-4-6-18(17)27-20/h3-10,16H,2,11-13H2,1H3. The van der Waals surface area contributed by atoms with Crippen molar-refractivity contribution >= 4 is 33.4 Å². The van der Waals surface area contributed by atoms with Crippen LogP contribution in [0, 0.1) is 5.92 Å². The number of benzene rings is 2. The molecule has 27 heavy (non-hydrogen) atoms. The second kappa shape index (κ2) is 7.48. The number of ether oxygens (including phenoxy) is 1. The molecule has 0 radical (unpaired) electrons. The first-order valence-corrected chi connectivity index (χ1v) is 9.85. The zero-order valence-electron chi connectivity index (χ0n) is 15.1. The molecule has 3 aromatic rings. The smallest absolute Gasteiger partial charge is 0.311 e. The zero-order chi connectivity index (χ0) is 18.8. The van der Waals surface area contributed by atoms with Crippen molar-refractivity contribution in [3.05, 3.63) is 54.1 Å². The van der Waals surface area contributed by atoms with Crippen molar-refractivity contribution in [2.45, 2.75) is 19.9 Å². The van der Waals surface area contributed by atoms with Gasteiger partial charge in [-0.1, -0.05) is 36.4 Å². The normalized spacial score (nSPS) is 16.9. The monoisotopic (exact) mass is 380 g/mol. The number of hydrogen-bond acceptors (Lipinski definition) is 5. The molecule has 138 valence electrons. The molecule has 1 unspecified atom stereocenters. The van der Waals surface area contributed by atoms with Gasteiger partial charge in [0.2, 0.25) is 5.91 Å². The van der Waals surface area contributed by atoms with Crippen LogP contribution in [0.2, 0.25) is 0 Å². The molecule has 0 aliphatic carbocycles. The van der Waals surface area contributed by atoms with Crippen molar-refractivity contribution in [1.82, 2.24) is 9.88 Å². The lowest BCUT2D eigenvalue weighted by Crippen LogP contribution is -2.26. The average molecular weight is 380 g/mol. The number of nitrogens with zero attached hydrogens (tertiary/aromatic N) is 2. The molecular formula is C21H20N2O3S. The summed E-state index contributed by atoms with van der Waals surface area (Å²) in [5.74, 6) is -0.623. The molecule has 6 heteroatoms. The van der Waals surface area contributed by atoms with E-state index in [1.165, 1.54) is 4.70 Å². The Morgan fingerprint density at radius 3 is 2.74 bits per heavy atom. The van der Waals surface area contributed by atoms with E-state index in [0.29, 0.717) is 19.7 Å². The Morgan fingerprint density at radius 2 is 2.00 bits per heavy atom. The molecule has 1 aliphatic heterocycles. The van der Waals surface area contributed by atoms with Crippen LogP contribution in [0.1, 0.15) is 18.9 Å². The van der Waals surface area contributed by atoms with Gasteiger partial charge in [0.25, 0.3) is 0 Å². The Hall–Kier alpha value is -2.73. The molecule has 1 amide bonds. The highest BCUT2D eigenvalue weighted by molar-refractivity contribution is 7.21. The molecule has 0 N–H and O–H groups in total. The third-order valence-electron chi connectivity index (χ3n) is 4.70. The van der Waals surface area contributed by atoms with Crippen LogP contribution in [0.4, 0.5) is 0 Å². The molecule has 0 bridgehead atoms. The van der Waals surface area contributed by atoms with Crippen LogP contribution in [0.25, 0.3) is 20.8 Å². The molecule has 4 rings (SSSR count). The van der Waals surface area contributed by atoms with Crippen LogP contribution in [0.5, 0.6) is 0 Å². The van der Waals surface area contributed by atoms with E-state index in [2.05, 4.69) is 11.1 Å².